The fourth-order valence-corrected chi connectivity index (χ4v) is 1.88. The molecule has 0 aliphatic rings. The van der Waals surface area contributed by atoms with Crippen LogP contribution in [0.5, 0.6) is 0 Å². The molecule has 2 aromatic heterocycles. The Hall–Kier alpha value is -1.94. The average Bonchev–Trinajstić information content (AvgIpc) is 2.47. The van der Waals surface area contributed by atoms with Crippen molar-refractivity contribution >= 4 is 5.69 Å². The third-order valence-corrected chi connectivity index (χ3v) is 3.16. The molecular weight excluding hydrogens is 236 g/mol. The molecule has 0 radical (unpaired) electrons. The van der Waals surface area contributed by atoms with Crippen LogP contribution in [0.3, 0.4) is 0 Å². The smallest absolute Gasteiger partial charge is 0.0599 e. The van der Waals surface area contributed by atoms with Crippen molar-refractivity contribution < 1.29 is 0 Å². The summed E-state index contributed by atoms with van der Waals surface area (Å²) in [4.78, 5) is 10.9. The van der Waals surface area contributed by atoms with E-state index in [-0.39, 0.29) is 6.04 Å². The van der Waals surface area contributed by atoms with Gasteiger partial charge in [0, 0.05) is 19.3 Å². The third-order valence-electron chi connectivity index (χ3n) is 3.16. The lowest BCUT2D eigenvalue weighted by atomic mass is 10.1. The quantitative estimate of drug-likeness (QED) is 0.893. The van der Waals surface area contributed by atoms with Crippen molar-refractivity contribution in [2.45, 2.75) is 25.9 Å². The fourth-order valence-electron chi connectivity index (χ4n) is 1.88. The molecule has 4 heteroatoms. The van der Waals surface area contributed by atoms with Gasteiger partial charge in [0.25, 0.3) is 0 Å². The molecule has 1 unspecified atom stereocenters. The standard InChI is InChI=1S/C15H20N4/c1-3-14(16)15-8-7-13(10-18-15)19(2)11-12-6-4-5-9-17-12/h4-10,14H,3,11,16H2,1-2H3. The van der Waals surface area contributed by atoms with Gasteiger partial charge in [0.1, 0.15) is 0 Å². The monoisotopic (exact) mass is 256 g/mol. The largest absolute Gasteiger partial charge is 0.367 e. The summed E-state index contributed by atoms with van der Waals surface area (Å²) in [6.45, 7) is 2.83. The Morgan fingerprint density at radius 2 is 2.05 bits per heavy atom. The summed E-state index contributed by atoms with van der Waals surface area (Å²) < 4.78 is 0. The van der Waals surface area contributed by atoms with Crippen molar-refractivity contribution in [3.63, 3.8) is 0 Å². The molecule has 4 nitrogen and oxygen atoms in total. The number of hydrogen-bond donors (Lipinski definition) is 1. The molecule has 2 aromatic rings. The van der Waals surface area contributed by atoms with Gasteiger partial charge in [-0.25, -0.2) is 0 Å². The van der Waals surface area contributed by atoms with E-state index < -0.39 is 0 Å². The van der Waals surface area contributed by atoms with Crippen molar-refractivity contribution in [2.75, 3.05) is 11.9 Å². The van der Waals surface area contributed by atoms with Crippen LogP contribution in [0.4, 0.5) is 5.69 Å². The second kappa shape index (κ2) is 6.29. The molecule has 0 saturated heterocycles. The van der Waals surface area contributed by atoms with E-state index in [2.05, 4.69) is 27.9 Å². The van der Waals surface area contributed by atoms with E-state index >= 15 is 0 Å². The minimum atomic E-state index is 0.0233. The minimum absolute atomic E-state index is 0.0233. The van der Waals surface area contributed by atoms with Gasteiger partial charge in [0.15, 0.2) is 0 Å². The van der Waals surface area contributed by atoms with Crippen LogP contribution >= 0.6 is 0 Å². The molecule has 2 N–H and O–H groups in total. The third kappa shape index (κ3) is 3.51. The number of anilines is 1. The highest BCUT2D eigenvalue weighted by molar-refractivity contribution is 5.44. The van der Waals surface area contributed by atoms with E-state index in [1.807, 2.05) is 43.7 Å². The van der Waals surface area contributed by atoms with E-state index in [9.17, 15) is 0 Å². The lowest BCUT2D eigenvalue weighted by Crippen LogP contribution is -2.18. The zero-order valence-corrected chi connectivity index (χ0v) is 11.5. The Balaban J connectivity index is 2.05. The lowest BCUT2D eigenvalue weighted by molar-refractivity contribution is 0.675. The molecule has 1 atom stereocenters. The van der Waals surface area contributed by atoms with Crippen LogP contribution in [0.15, 0.2) is 42.7 Å². The van der Waals surface area contributed by atoms with Gasteiger partial charge in [-0.1, -0.05) is 13.0 Å². The van der Waals surface area contributed by atoms with Crippen LogP contribution in [-0.2, 0) is 6.54 Å². The summed E-state index contributed by atoms with van der Waals surface area (Å²) in [5.74, 6) is 0. The molecular formula is C15H20N4. The van der Waals surface area contributed by atoms with Crippen LogP contribution < -0.4 is 10.6 Å². The van der Waals surface area contributed by atoms with Crippen LogP contribution in [-0.4, -0.2) is 17.0 Å². The van der Waals surface area contributed by atoms with Crippen molar-refractivity contribution in [1.82, 2.24) is 9.97 Å². The van der Waals surface area contributed by atoms with E-state index in [1.165, 1.54) is 0 Å². The number of rotatable bonds is 5. The summed E-state index contributed by atoms with van der Waals surface area (Å²) in [5, 5.41) is 0. The summed E-state index contributed by atoms with van der Waals surface area (Å²) in [6.07, 6.45) is 4.58. The molecule has 19 heavy (non-hydrogen) atoms. The lowest BCUT2D eigenvalue weighted by Gasteiger charge is -2.19. The number of pyridine rings is 2. The second-order valence-corrected chi connectivity index (χ2v) is 4.63. The molecule has 2 rings (SSSR count). The van der Waals surface area contributed by atoms with Crippen LogP contribution in [0, 0.1) is 0 Å². The van der Waals surface area contributed by atoms with Gasteiger partial charge in [-0.2, -0.15) is 0 Å². The van der Waals surface area contributed by atoms with Crippen molar-refractivity contribution in [3.8, 4) is 0 Å². The number of nitrogens with two attached hydrogens (primary N) is 1. The fraction of sp³-hybridized carbons (Fsp3) is 0.333. The maximum atomic E-state index is 5.96. The topological polar surface area (TPSA) is 55.0 Å². The normalized spacial score (nSPS) is 12.2. The highest BCUT2D eigenvalue weighted by atomic mass is 15.1. The minimum Gasteiger partial charge on any atom is -0.367 e. The predicted molar refractivity (Wildman–Crippen MR) is 77.8 cm³/mol. The molecule has 0 aliphatic carbocycles. The van der Waals surface area contributed by atoms with Gasteiger partial charge >= 0.3 is 0 Å². The molecule has 0 aliphatic heterocycles. The van der Waals surface area contributed by atoms with Gasteiger partial charge in [-0.05, 0) is 30.7 Å². The predicted octanol–water partition coefficient (Wildman–Crippen LogP) is 2.52. The van der Waals surface area contributed by atoms with Crippen molar-refractivity contribution in [1.29, 1.82) is 0 Å². The Morgan fingerprint density at radius 3 is 2.63 bits per heavy atom. The summed E-state index contributed by atoms with van der Waals surface area (Å²) in [7, 11) is 2.03. The maximum Gasteiger partial charge on any atom is 0.0599 e. The SMILES string of the molecule is CCC(N)c1ccc(N(C)Cc2ccccn2)cn1. The number of nitrogens with zero attached hydrogens (tertiary/aromatic N) is 3. The highest BCUT2D eigenvalue weighted by Gasteiger charge is 2.07. The zero-order valence-electron chi connectivity index (χ0n) is 11.5. The van der Waals surface area contributed by atoms with E-state index in [0.29, 0.717) is 0 Å². The molecule has 2 heterocycles. The molecule has 0 saturated carbocycles. The first-order chi connectivity index (χ1) is 9.20. The maximum absolute atomic E-state index is 5.96. The van der Waals surface area contributed by atoms with Gasteiger partial charge in [0.05, 0.1) is 29.8 Å². The van der Waals surface area contributed by atoms with Gasteiger partial charge in [-0.15, -0.1) is 0 Å². The summed E-state index contributed by atoms with van der Waals surface area (Å²) >= 11 is 0. The first-order valence-electron chi connectivity index (χ1n) is 6.53. The Labute approximate surface area is 114 Å². The molecule has 0 amide bonds. The Bertz CT molecular complexity index is 495. The molecule has 0 aromatic carbocycles. The Morgan fingerprint density at radius 1 is 1.21 bits per heavy atom. The average molecular weight is 256 g/mol. The molecule has 100 valence electrons. The molecule has 0 spiro atoms. The van der Waals surface area contributed by atoms with Crippen LogP contribution in [0.2, 0.25) is 0 Å². The van der Waals surface area contributed by atoms with Gasteiger partial charge in [-0.3, -0.25) is 9.97 Å². The van der Waals surface area contributed by atoms with E-state index in [0.717, 1.165) is 30.0 Å². The zero-order chi connectivity index (χ0) is 13.7. The molecule has 0 bridgehead atoms. The summed E-state index contributed by atoms with van der Waals surface area (Å²) in [5.41, 5.74) is 9.01. The van der Waals surface area contributed by atoms with Crippen molar-refractivity contribution in [2.24, 2.45) is 5.73 Å². The second-order valence-electron chi connectivity index (χ2n) is 4.63. The summed E-state index contributed by atoms with van der Waals surface area (Å²) in [6, 6.07) is 10.0. The first-order valence-corrected chi connectivity index (χ1v) is 6.53. The van der Waals surface area contributed by atoms with Crippen LogP contribution in [0.25, 0.3) is 0 Å². The number of hydrogen-bond acceptors (Lipinski definition) is 4. The van der Waals surface area contributed by atoms with E-state index in [1.54, 1.807) is 0 Å². The van der Waals surface area contributed by atoms with Crippen LogP contribution in [0.1, 0.15) is 30.8 Å². The Kier molecular flexibility index (Phi) is 4.47. The van der Waals surface area contributed by atoms with E-state index in [4.69, 9.17) is 5.73 Å². The number of aromatic nitrogens is 2. The first kappa shape index (κ1) is 13.5. The molecule has 0 fully saturated rings. The van der Waals surface area contributed by atoms with Gasteiger partial charge in [0.2, 0.25) is 0 Å². The van der Waals surface area contributed by atoms with Crippen molar-refractivity contribution in [3.05, 3.63) is 54.1 Å². The highest BCUT2D eigenvalue weighted by Crippen LogP contribution is 2.17. The van der Waals surface area contributed by atoms with Gasteiger partial charge < -0.3 is 10.6 Å².